The maximum Gasteiger partial charge on any atom is 0.134 e. The van der Waals surface area contributed by atoms with Crippen molar-refractivity contribution in [3.05, 3.63) is 23.2 Å². The molecule has 3 unspecified atom stereocenters. The van der Waals surface area contributed by atoms with Crippen molar-refractivity contribution >= 4 is 17.3 Å². The van der Waals surface area contributed by atoms with Gasteiger partial charge < -0.3 is 15.7 Å². The summed E-state index contributed by atoms with van der Waals surface area (Å²) < 4.78 is 0. The summed E-state index contributed by atoms with van der Waals surface area (Å²) in [6.45, 7) is 1.17. The third kappa shape index (κ3) is 2.82. The van der Waals surface area contributed by atoms with Crippen LogP contribution in [0.25, 0.3) is 0 Å². The molecule has 1 aromatic rings. The van der Waals surface area contributed by atoms with Crippen LogP contribution in [0.3, 0.4) is 0 Å². The normalized spacial score (nSPS) is 30.7. The molecule has 19 heavy (non-hydrogen) atoms. The second-order valence-electron chi connectivity index (χ2n) is 5.71. The van der Waals surface area contributed by atoms with E-state index >= 15 is 0 Å². The summed E-state index contributed by atoms with van der Waals surface area (Å²) in [4.78, 5) is 0. The highest BCUT2D eigenvalue weighted by Gasteiger charge is 2.34. The highest BCUT2D eigenvalue weighted by molar-refractivity contribution is 6.32. The number of phenols is 1. The summed E-state index contributed by atoms with van der Waals surface area (Å²) in [7, 11) is 0. The van der Waals surface area contributed by atoms with Crippen molar-refractivity contribution in [1.82, 2.24) is 5.32 Å². The summed E-state index contributed by atoms with van der Waals surface area (Å²) in [5, 5.41) is 17.1. The van der Waals surface area contributed by atoms with E-state index in [1.54, 1.807) is 6.07 Å². The van der Waals surface area contributed by atoms with Crippen molar-refractivity contribution < 1.29 is 5.11 Å². The maximum absolute atomic E-state index is 9.46. The molecule has 3 atom stereocenters. The highest BCUT2D eigenvalue weighted by Crippen LogP contribution is 2.35. The number of hydrogen-bond acceptors (Lipinski definition) is 3. The summed E-state index contributed by atoms with van der Waals surface area (Å²) in [6, 6.07) is 6.57. The number of nitrogens with one attached hydrogen (secondary N) is 2. The van der Waals surface area contributed by atoms with E-state index in [0.29, 0.717) is 17.1 Å². The molecule has 0 spiro atoms. The van der Waals surface area contributed by atoms with Gasteiger partial charge in [-0.2, -0.15) is 0 Å². The second kappa shape index (κ2) is 5.59. The lowest BCUT2D eigenvalue weighted by atomic mass is 9.93. The smallest absolute Gasteiger partial charge is 0.134 e. The lowest BCUT2D eigenvalue weighted by molar-refractivity contribution is 0.376. The molecule has 1 aromatic carbocycles. The van der Waals surface area contributed by atoms with Crippen LogP contribution in [0.4, 0.5) is 5.69 Å². The zero-order valence-corrected chi connectivity index (χ0v) is 11.8. The van der Waals surface area contributed by atoms with E-state index in [2.05, 4.69) is 10.6 Å². The molecule has 4 heteroatoms. The Hall–Kier alpha value is -0.930. The van der Waals surface area contributed by atoms with Gasteiger partial charge in [-0.1, -0.05) is 18.0 Å². The third-order valence-corrected chi connectivity index (χ3v) is 4.79. The minimum atomic E-state index is 0.146. The van der Waals surface area contributed by atoms with Crippen LogP contribution in [-0.2, 0) is 0 Å². The number of anilines is 1. The van der Waals surface area contributed by atoms with Crippen LogP contribution in [-0.4, -0.2) is 23.7 Å². The molecule has 0 amide bonds. The Morgan fingerprint density at radius 2 is 2.11 bits per heavy atom. The van der Waals surface area contributed by atoms with Gasteiger partial charge >= 0.3 is 0 Å². The van der Waals surface area contributed by atoms with Crippen LogP contribution in [0.5, 0.6) is 5.75 Å². The number of phenolic OH excluding ortho intramolecular Hbond substituents is 1. The Bertz CT molecular complexity index is 446. The van der Waals surface area contributed by atoms with Crippen molar-refractivity contribution in [1.29, 1.82) is 0 Å². The van der Waals surface area contributed by atoms with Gasteiger partial charge in [-0.15, -0.1) is 0 Å². The molecule has 104 valence electrons. The number of benzene rings is 1. The van der Waals surface area contributed by atoms with E-state index < -0.39 is 0 Å². The molecule has 1 saturated heterocycles. The highest BCUT2D eigenvalue weighted by atomic mass is 35.5. The van der Waals surface area contributed by atoms with E-state index in [4.69, 9.17) is 11.6 Å². The molecule has 1 aliphatic heterocycles. The van der Waals surface area contributed by atoms with Gasteiger partial charge in [0.25, 0.3) is 0 Å². The van der Waals surface area contributed by atoms with Crippen LogP contribution >= 0.6 is 11.6 Å². The zero-order valence-electron chi connectivity index (χ0n) is 11.0. The molecular weight excluding hydrogens is 260 g/mol. The number of rotatable bonds is 3. The van der Waals surface area contributed by atoms with E-state index in [9.17, 15) is 5.11 Å². The topological polar surface area (TPSA) is 44.3 Å². The van der Waals surface area contributed by atoms with E-state index in [1.165, 1.54) is 38.6 Å². The van der Waals surface area contributed by atoms with Crippen LogP contribution in [0.15, 0.2) is 18.2 Å². The Balaban J connectivity index is 1.69. The molecule has 2 fully saturated rings. The molecule has 1 heterocycles. The predicted octanol–water partition coefficient (Wildman–Crippen LogP) is 3.38. The molecule has 2 aliphatic rings. The largest absolute Gasteiger partial charge is 0.506 e. The van der Waals surface area contributed by atoms with Crippen molar-refractivity contribution in [3.8, 4) is 5.75 Å². The van der Waals surface area contributed by atoms with E-state index in [-0.39, 0.29) is 5.75 Å². The predicted molar refractivity (Wildman–Crippen MR) is 78.9 cm³/mol. The first-order chi connectivity index (χ1) is 9.24. The quantitative estimate of drug-likeness (QED) is 0.744. The fraction of sp³-hybridized carbons (Fsp3) is 0.600. The van der Waals surface area contributed by atoms with Crippen LogP contribution < -0.4 is 10.6 Å². The second-order valence-corrected chi connectivity index (χ2v) is 6.12. The first-order valence-electron chi connectivity index (χ1n) is 7.22. The Kier molecular flexibility index (Phi) is 3.85. The minimum absolute atomic E-state index is 0.146. The summed E-state index contributed by atoms with van der Waals surface area (Å²) in [5.74, 6) is 0.864. The first-order valence-corrected chi connectivity index (χ1v) is 7.60. The lowest BCUT2D eigenvalue weighted by Crippen LogP contribution is -2.38. The molecule has 0 radical (unpaired) electrons. The number of hydrogen-bond donors (Lipinski definition) is 3. The van der Waals surface area contributed by atoms with Gasteiger partial charge in [0.2, 0.25) is 0 Å². The summed E-state index contributed by atoms with van der Waals surface area (Å²) in [6.07, 6.45) is 6.44. The first kappa shape index (κ1) is 13.1. The molecule has 1 saturated carbocycles. The fourth-order valence-corrected chi connectivity index (χ4v) is 3.72. The van der Waals surface area contributed by atoms with Crippen LogP contribution in [0.1, 0.15) is 32.1 Å². The molecule has 3 rings (SSSR count). The van der Waals surface area contributed by atoms with Crippen molar-refractivity contribution in [3.63, 3.8) is 0 Å². The standard InChI is InChI=1S/C15H21ClN2O/c16-12-9-10(6-7-15(12)19)18-14-4-1-3-11(14)13-5-2-8-17-13/h6-7,9,11,13-14,17-19H,1-5,8H2. The van der Waals surface area contributed by atoms with Gasteiger partial charge in [0.1, 0.15) is 5.75 Å². The fourth-order valence-electron chi connectivity index (χ4n) is 3.54. The molecule has 3 N–H and O–H groups in total. The average molecular weight is 281 g/mol. The third-order valence-electron chi connectivity index (χ3n) is 4.48. The van der Waals surface area contributed by atoms with Gasteiger partial charge in [-0.05, 0) is 56.3 Å². The van der Waals surface area contributed by atoms with Gasteiger partial charge in [-0.3, -0.25) is 0 Å². The Labute approximate surface area is 119 Å². The molecule has 0 bridgehead atoms. The SMILES string of the molecule is Oc1ccc(NC2CCCC2C2CCCN2)cc1Cl. The zero-order chi connectivity index (χ0) is 13.2. The molecular formula is C15H21ClN2O. The van der Waals surface area contributed by atoms with Crippen molar-refractivity contribution in [2.45, 2.75) is 44.2 Å². The van der Waals surface area contributed by atoms with Crippen molar-refractivity contribution in [2.24, 2.45) is 5.92 Å². The minimum Gasteiger partial charge on any atom is -0.506 e. The molecule has 0 aromatic heterocycles. The van der Waals surface area contributed by atoms with Gasteiger partial charge in [0.05, 0.1) is 5.02 Å². The molecule has 3 nitrogen and oxygen atoms in total. The van der Waals surface area contributed by atoms with Crippen molar-refractivity contribution in [2.75, 3.05) is 11.9 Å². The lowest BCUT2D eigenvalue weighted by Gasteiger charge is -2.27. The molecule has 1 aliphatic carbocycles. The van der Waals surface area contributed by atoms with Gasteiger partial charge in [-0.25, -0.2) is 0 Å². The summed E-state index contributed by atoms with van der Waals surface area (Å²) >= 11 is 5.96. The summed E-state index contributed by atoms with van der Waals surface area (Å²) in [5.41, 5.74) is 1.01. The van der Waals surface area contributed by atoms with Gasteiger partial charge in [0.15, 0.2) is 0 Å². The van der Waals surface area contributed by atoms with E-state index in [1.807, 2.05) is 12.1 Å². The maximum atomic E-state index is 9.46. The van der Waals surface area contributed by atoms with Gasteiger partial charge in [0, 0.05) is 17.8 Å². The monoisotopic (exact) mass is 280 g/mol. The van der Waals surface area contributed by atoms with Crippen LogP contribution in [0.2, 0.25) is 5.02 Å². The average Bonchev–Trinajstić information content (AvgIpc) is 3.04. The van der Waals surface area contributed by atoms with Crippen LogP contribution in [0, 0.1) is 5.92 Å². The number of aromatic hydroxyl groups is 1. The Morgan fingerprint density at radius 3 is 2.84 bits per heavy atom. The van der Waals surface area contributed by atoms with E-state index in [0.717, 1.165) is 11.6 Å². The number of halogens is 1. The Morgan fingerprint density at radius 1 is 1.21 bits per heavy atom.